The predicted molar refractivity (Wildman–Crippen MR) is 79.7 cm³/mol. The molecule has 1 saturated heterocycles. The van der Waals surface area contributed by atoms with Gasteiger partial charge in [-0.2, -0.15) is 4.31 Å². The second-order valence-corrected chi connectivity index (χ2v) is 8.67. The summed E-state index contributed by atoms with van der Waals surface area (Å²) in [5.41, 5.74) is 1.36. The fraction of sp³-hybridized carbons (Fsp3) is 0.625. The third kappa shape index (κ3) is 2.62. The second-order valence-electron chi connectivity index (χ2n) is 6.73. The van der Waals surface area contributed by atoms with Crippen LogP contribution in [0.5, 0.6) is 0 Å². The van der Waals surface area contributed by atoms with Crippen molar-refractivity contribution in [3.63, 3.8) is 0 Å². The molecule has 0 atom stereocenters. The standard InChI is InChI=1S/C16H21NO3S/c18-21(19,15-5-3-14(4-6-15)13-1-2-13)17-9-10-20-12-16(11-17)7-8-16/h3-6,13H,1-2,7-12H2. The largest absolute Gasteiger partial charge is 0.379 e. The van der Waals surface area contributed by atoms with Crippen LogP contribution in [0, 0.1) is 5.41 Å². The van der Waals surface area contributed by atoms with Crippen molar-refractivity contribution >= 4 is 10.0 Å². The molecule has 1 aliphatic heterocycles. The summed E-state index contributed by atoms with van der Waals surface area (Å²) in [6, 6.07) is 7.50. The van der Waals surface area contributed by atoms with E-state index < -0.39 is 10.0 Å². The maximum absolute atomic E-state index is 12.8. The first-order valence-electron chi connectivity index (χ1n) is 7.77. The fourth-order valence-electron chi connectivity index (χ4n) is 3.12. The van der Waals surface area contributed by atoms with Crippen LogP contribution >= 0.6 is 0 Å². The van der Waals surface area contributed by atoms with Gasteiger partial charge >= 0.3 is 0 Å². The van der Waals surface area contributed by atoms with Gasteiger partial charge in [0, 0.05) is 18.5 Å². The van der Waals surface area contributed by atoms with Gasteiger partial charge < -0.3 is 4.74 Å². The van der Waals surface area contributed by atoms with Crippen LogP contribution < -0.4 is 0 Å². The SMILES string of the molecule is O=S(=O)(c1ccc(C2CC2)cc1)N1CCOCC2(CC2)C1. The van der Waals surface area contributed by atoms with Crippen LogP contribution in [0.1, 0.15) is 37.2 Å². The minimum absolute atomic E-state index is 0.0948. The number of ether oxygens (including phenoxy) is 1. The van der Waals surface area contributed by atoms with Crippen molar-refractivity contribution in [3.8, 4) is 0 Å². The van der Waals surface area contributed by atoms with E-state index in [4.69, 9.17) is 4.74 Å². The number of sulfonamides is 1. The van der Waals surface area contributed by atoms with E-state index >= 15 is 0 Å². The van der Waals surface area contributed by atoms with Gasteiger partial charge in [-0.25, -0.2) is 8.42 Å². The zero-order valence-corrected chi connectivity index (χ0v) is 12.9. The average molecular weight is 307 g/mol. The third-order valence-electron chi connectivity index (χ3n) is 4.93. The maximum atomic E-state index is 12.8. The van der Waals surface area contributed by atoms with Gasteiger partial charge in [-0.15, -0.1) is 0 Å². The first kappa shape index (κ1) is 13.7. The van der Waals surface area contributed by atoms with Crippen LogP contribution in [-0.4, -0.2) is 39.0 Å². The van der Waals surface area contributed by atoms with Crippen molar-refractivity contribution in [2.45, 2.75) is 36.5 Å². The van der Waals surface area contributed by atoms with E-state index in [1.807, 2.05) is 12.1 Å². The predicted octanol–water partition coefficient (Wildman–Crippen LogP) is 2.37. The third-order valence-corrected chi connectivity index (χ3v) is 6.79. The normalized spacial score (nSPS) is 25.7. The molecule has 5 heteroatoms. The highest BCUT2D eigenvalue weighted by Gasteiger charge is 2.47. The van der Waals surface area contributed by atoms with Crippen LogP contribution in [0.4, 0.5) is 0 Å². The van der Waals surface area contributed by atoms with E-state index in [-0.39, 0.29) is 5.41 Å². The first-order chi connectivity index (χ1) is 10.1. The highest BCUT2D eigenvalue weighted by atomic mass is 32.2. The van der Waals surface area contributed by atoms with E-state index in [1.165, 1.54) is 18.4 Å². The Morgan fingerprint density at radius 1 is 1.14 bits per heavy atom. The lowest BCUT2D eigenvalue weighted by Gasteiger charge is -2.22. The Morgan fingerprint density at radius 3 is 2.48 bits per heavy atom. The Morgan fingerprint density at radius 2 is 1.86 bits per heavy atom. The molecule has 1 aromatic carbocycles. The van der Waals surface area contributed by atoms with Crippen molar-refractivity contribution in [1.82, 2.24) is 4.31 Å². The van der Waals surface area contributed by atoms with E-state index in [2.05, 4.69) is 0 Å². The molecular formula is C16H21NO3S. The second kappa shape index (κ2) is 4.80. The molecule has 0 unspecified atom stereocenters. The number of hydrogen-bond donors (Lipinski definition) is 0. The van der Waals surface area contributed by atoms with Crippen LogP contribution in [0.3, 0.4) is 0 Å². The lowest BCUT2D eigenvalue weighted by Crippen LogP contribution is -2.36. The topological polar surface area (TPSA) is 46.6 Å². The summed E-state index contributed by atoms with van der Waals surface area (Å²) >= 11 is 0. The van der Waals surface area contributed by atoms with E-state index in [9.17, 15) is 8.42 Å². The highest BCUT2D eigenvalue weighted by molar-refractivity contribution is 7.89. The molecule has 21 heavy (non-hydrogen) atoms. The summed E-state index contributed by atoms with van der Waals surface area (Å²) in [5, 5.41) is 0. The zero-order chi connectivity index (χ0) is 14.5. The number of benzene rings is 1. The molecular weight excluding hydrogens is 286 g/mol. The Bertz CT molecular complexity index is 630. The molecule has 0 bridgehead atoms. The number of rotatable bonds is 3. The van der Waals surface area contributed by atoms with Gasteiger partial charge in [0.25, 0.3) is 0 Å². The quantitative estimate of drug-likeness (QED) is 0.861. The Kier molecular flexibility index (Phi) is 3.14. The summed E-state index contributed by atoms with van der Waals surface area (Å²) in [5.74, 6) is 0.656. The Labute approximate surface area is 126 Å². The van der Waals surface area contributed by atoms with E-state index in [0.29, 0.717) is 37.1 Å². The summed E-state index contributed by atoms with van der Waals surface area (Å²) in [4.78, 5) is 0.421. The summed E-state index contributed by atoms with van der Waals surface area (Å²) in [7, 11) is -3.39. The molecule has 2 aliphatic carbocycles. The molecule has 0 amide bonds. The minimum Gasteiger partial charge on any atom is -0.379 e. The van der Waals surface area contributed by atoms with Crippen molar-refractivity contribution in [2.75, 3.05) is 26.3 Å². The molecule has 4 rings (SSSR count). The summed E-state index contributed by atoms with van der Waals surface area (Å²) < 4.78 is 32.9. The molecule has 1 heterocycles. The minimum atomic E-state index is -3.39. The molecule has 3 aliphatic rings. The van der Waals surface area contributed by atoms with Gasteiger partial charge in [0.1, 0.15) is 0 Å². The van der Waals surface area contributed by atoms with Crippen molar-refractivity contribution in [1.29, 1.82) is 0 Å². The van der Waals surface area contributed by atoms with Crippen LogP contribution in [0.15, 0.2) is 29.2 Å². The van der Waals surface area contributed by atoms with Crippen molar-refractivity contribution in [2.24, 2.45) is 5.41 Å². The molecule has 3 fully saturated rings. The lowest BCUT2D eigenvalue weighted by atomic mass is 10.1. The van der Waals surface area contributed by atoms with Gasteiger partial charge in [-0.3, -0.25) is 0 Å². The molecule has 2 saturated carbocycles. The zero-order valence-electron chi connectivity index (χ0n) is 12.1. The Hall–Kier alpha value is -0.910. The first-order valence-corrected chi connectivity index (χ1v) is 9.21. The van der Waals surface area contributed by atoms with Gasteiger partial charge in [0.2, 0.25) is 10.0 Å². The molecule has 4 nitrogen and oxygen atoms in total. The van der Waals surface area contributed by atoms with Crippen molar-refractivity contribution in [3.05, 3.63) is 29.8 Å². The molecule has 1 spiro atoms. The Balaban J connectivity index is 1.59. The van der Waals surface area contributed by atoms with Crippen molar-refractivity contribution < 1.29 is 13.2 Å². The lowest BCUT2D eigenvalue weighted by molar-refractivity contribution is 0.115. The summed E-state index contributed by atoms with van der Waals surface area (Å²) in [6.07, 6.45) is 4.63. The molecule has 0 radical (unpaired) electrons. The molecule has 0 N–H and O–H groups in total. The smallest absolute Gasteiger partial charge is 0.243 e. The molecule has 1 aromatic rings. The van der Waals surface area contributed by atoms with Crippen LogP contribution in [0.25, 0.3) is 0 Å². The van der Waals surface area contributed by atoms with E-state index in [1.54, 1.807) is 16.4 Å². The van der Waals surface area contributed by atoms with E-state index in [0.717, 1.165) is 12.8 Å². The number of nitrogens with zero attached hydrogens (tertiary/aromatic N) is 1. The van der Waals surface area contributed by atoms with Gasteiger partial charge in [0.05, 0.1) is 18.1 Å². The van der Waals surface area contributed by atoms with Crippen LogP contribution in [-0.2, 0) is 14.8 Å². The monoisotopic (exact) mass is 307 g/mol. The molecule has 0 aromatic heterocycles. The molecule has 114 valence electrons. The number of hydrogen-bond acceptors (Lipinski definition) is 3. The van der Waals surface area contributed by atoms with Crippen LogP contribution in [0.2, 0.25) is 0 Å². The van der Waals surface area contributed by atoms with Gasteiger partial charge in [-0.05, 0) is 49.3 Å². The average Bonchev–Trinajstić information content (AvgIpc) is 3.38. The maximum Gasteiger partial charge on any atom is 0.243 e. The fourth-order valence-corrected chi connectivity index (χ4v) is 4.65. The highest BCUT2D eigenvalue weighted by Crippen LogP contribution is 2.48. The van der Waals surface area contributed by atoms with Gasteiger partial charge in [-0.1, -0.05) is 12.1 Å². The summed E-state index contributed by atoms with van der Waals surface area (Å²) in [6.45, 7) is 2.29. The van der Waals surface area contributed by atoms with Gasteiger partial charge in [0.15, 0.2) is 0 Å².